The maximum Gasteiger partial charge on any atom is 0.225 e. The molecule has 168 valence electrons. The third-order valence-electron chi connectivity index (χ3n) is 5.27. The van der Waals surface area contributed by atoms with E-state index in [-0.39, 0.29) is 18.3 Å². The van der Waals surface area contributed by atoms with E-state index in [1.54, 1.807) is 26.4 Å². The number of methoxy groups -OCH3 is 2. The van der Waals surface area contributed by atoms with Gasteiger partial charge in [-0.2, -0.15) is 0 Å². The van der Waals surface area contributed by atoms with Gasteiger partial charge in [0.05, 0.1) is 19.9 Å². The fourth-order valence-electron chi connectivity index (χ4n) is 3.48. The summed E-state index contributed by atoms with van der Waals surface area (Å²) in [7, 11) is 3.19. The van der Waals surface area contributed by atoms with Crippen LogP contribution in [-0.2, 0) is 4.79 Å². The molecule has 1 saturated heterocycles. The lowest BCUT2D eigenvalue weighted by Crippen LogP contribution is -3.00. The van der Waals surface area contributed by atoms with Crippen molar-refractivity contribution < 1.29 is 26.7 Å². The van der Waals surface area contributed by atoms with Gasteiger partial charge in [-0.05, 0) is 17.7 Å². The first kappa shape index (κ1) is 24.7. The predicted molar refractivity (Wildman–Crippen MR) is 121 cm³/mol. The zero-order chi connectivity index (χ0) is 21.2. The second kappa shape index (κ2) is 13.0. The SMILES string of the molecule is COc1ccc(OC)c(NC(=O)CCN2CCN(C/C=C/c3ccccc3)CC2)c1.[Cl-]. The number of halogens is 1. The topological polar surface area (TPSA) is 54.0 Å². The Kier molecular flexibility index (Phi) is 10.4. The molecule has 1 amide bonds. The molecule has 0 aromatic heterocycles. The van der Waals surface area contributed by atoms with Gasteiger partial charge < -0.3 is 32.1 Å². The molecule has 0 radical (unpaired) electrons. The molecule has 1 aliphatic heterocycles. The van der Waals surface area contributed by atoms with Crippen LogP contribution in [0.25, 0.3) is 6.08 Å². The largest absolute Gasteiger partial charge is 1.00 e. The van der Waals surface area contributed by atoms with Crippen LogP contribution in [0.2, 0.25) is 0 Å². The van der Waals surface area contributed by atoms with Crippen LogP contribution >= 0.6 is 0 Å². The van der Waals surface area contributed by atoms with Gasteiger partial charge in [-0.1, -0.05) is 42.5 Å². The Morgan fingerprint density at radius 2 is 1.71 bits per heavy atom. The van der Waals surface area contributed by atoms with Crippen molar-refractivity contribution in [3.63, 3.8) is 0 Å². The molecule has 0 atom stereocenters. The van der Waals surface area contributed by atoms with Crippen LogP contribution in [0.15, 0.2) is 54.6 Å². The summed E-state index contributed by atoms with van der Waals surface area (Å²) in [6.45, 7) is 5.71. The molecule has 0 bridgehead atoms. The van der Waals surface area contributed by atoms with Gasteiger partial charge in [-0.15, -0.1) is 0 Å². The van der Waals surface area contributed by atoms with Crippen molar-refractivity contribution in [1.82, 2.24) is 9.80 Å². The van der Waals surface area contributed by atoms with Crippen LogP contribution in [-0.4, -0.2) is 69.2 Å². The van der Waals surface area contributed by atoms with Gasteiger partial charge in [-0.25, -0.2) is 0 Å². The lowest BCUT2D eigenvalue weighted by Gasteiger charge is -2.34. The summed E-state index contributed by atoms with van der Waals surface area (Å²) < 4.78 is 10.6. The average molecular weight is 445 g/mol. The Bertz CT molecular complexity index is 837. The van der Waals surface area contributed by atoms with Gasteiger partial charge in [0.25, 0.3) is 0 Å². The Morgan fingerprint density at radius 3 is 2.39 bits per heavy atom. The minimum atomic E-state index is -0.0187. The van der Waals surface area contributed by atoms with E-state index in [1.807, 2.05) is 12.1 Å². The minimum Gasteiger partial charge on any atom is -1.00 e. The van der Waals surface area contributed by atoms with Crippen LogP contribution < -0.4 is 27.2 Å². The molecule has 0 unspecified atom stereocenters. The van der Waals surface area contributed by atoms with Crippen molar-refractivity contribution in [2.24, 2.45) is 0 Å². The fraction of sp³-hybridized carbons (Fsp3) is 0.375. The molecule has 1 aliphatic rings. The first-order valence-corrected chi connectivity index (χ1v) is 10.4. The maximum absolute atomic E-state index is 12.4. The molecule has 2 aromatic rings. The highest BCUT2D eigenvalue weighted by atomic mass is 35.5. The van der Waals surface area contributed by atoms with Gasteiger partial charge in [0.15, 0.2) is 0 Å². The summed E-state index contributed by atoms with van der Waals surface area (Å²) in [5.41, 5.74) is 1.87. The van der Waals surface area contributed by atoms with Crippen molar-refractivity contribution in [1.29, 1.82) is 0 Å². The first-order chi connectivity index (χ1) is 14.7. The molecule has 0 saturated carbocycles. The van der Waals surface area contributed by atoms with Crippen LogP contribution in [0.4, 0.5) is 5.69 Å². The second-order valence-electron chi connectivity index (χ2n) is 7.32. The molecule has 3 rings (SSSR count). The van der Waals surface area contributed by atoms with Gasteiger partial charge in [0.2, 0.25) is 5.91 Å². The number of nitrogens with one attached hydrogen (secondary N) is 1. The number of amides is 1. The number of piperazine rings is 1. The average Bonchev–Trinajstić information content (AvgIpc) is 2.79. The molecule has 0 spiro atoms. The monoisotopic (exact) mass is 444 g/mol. The highest BCUT2D eigenvalue weighted by molar-refractivity contribution is 5.92. The van der Waals surface area contributed by atoms with E-state index in [4.69, 9.17) is 9.47 Å². The Labute approximate surface area is 191 Å². The molecule has 1 fully saturated rings. The number of hydrogen-bond donors (Lipinski definition) is 1. The number of anilines is 1. The van der Waals surface area contributed by atoms with Crippen LogP contribution in [0, 0.1) is 0 Å². The van der Waals surface area contributed by atoms with Crippen molar-refractivity contribution >= 4 is 17.7 Å². The highest BCUT2D eigenvalue weighted by Crippen LogP contribution is 2.28. The second-order valence-corrected chi connectivity index (χ2v) is 7.32. The number of carbonyl (C=O) groups excluding carboxylic acids is 1. The van der Waals surface area contributed by atoms with Gasteiger partial charge >= 0.3 is 0 Å². The van der Waals surface area contributed by atoms with E-state index in [9.17, 15) is 4.79 Å². The highest BCUT2D eigenvalue weighted by Gasteiger charge is 2.17. The van der Waals surface area contributed by atoms with Crippen molar-refractivity contribution in [2.45, 2.75) is 6.42 Å². The summed E-state index contributed by atoms with van der Waals surface area (Å²) in [5.74, 6) is 1.29. The molecule has 1 heterocycles. The van der Waals surface area contributed by atoms with Gasteiger partial charge in [0.1, 0.15) is 11.5 Å². The number of benzene rings is 2. The van der Waals surface area contributed by atoms with E-state index in [1.165, 1.54) is 5.56 Å². The number of carbonyl (C=O) groups is 1. The molecule has 0 aliphatic carbocycles. The molecule has 7 heteroatoms. The van der Waals surface area contributed by atoms with Crippen molar-refractivity contribution in [3.8, 4) is 11.5 Å². The number of rotatable bonds is 9. The molecule has 1 N–H and O–H groups in total. The van der Waals surface area contributed by atoms with E-state index < -0.39 is 0 Å². The quantitative estimate of drug-likeness (QED) is 0.605. The molecule has 31 heavy (non-hydrogen) atoms. The maximum atomic E-state index is 12.4. The van der Waals surface area contributed by atoms with E-state index in [2.05, 4.69) is 51.5 Å². The van der Waals surface area contributed by atoms with Crippen LogP contribution in [0.1, 0.15) is 12.0 Å². The molecular formula is C24H31ClN3O3-. The zero-order valence-corrected chi connectivity index (χ0v) is 19.0. The zero-order valence-electron chi connectivity index (χ0n) is 18.2. The summed E-state index contributed by atoms with van der Waals surface area (Å²) >= 11 is 0. The van der Waals surface area contributed by atoms with E-state index in [0.29, 0.717) is 23.6 Å². The third kappa shape index (κ3) is 7.90. The Hall–Kier alpha value is -2.54. The van der Waals surface area contributed by atoms with Crippen LogP contribution in [0.5, 0.6) is 11.5 Å². The number of hydrogen-bond acceptors (Lipinski definition) is 5. The lowest BCUT2D eigenvalue weighted by atomic mass is 10.2. The van der Waals surface area contributed by atoms with Crippen molar-refractivity contribution in [3.05, 3.63) is 60.2 Å². The summed E-state index contributed by atoms with van der Waals surface area (Å²) in [4.78, 5) is 17.2. The molecule has 6 nitrogen and oxygen atoms in total. The van der Waals surface area contributed by atoms with Gasteiger partial charge in [0, 0.05) is 51.8 Å². The van der Waals surface area contributed by atoms with E-state index in [0.717, 1.165) is 39.3 Å². The fourth-order valence-corrected chi connectivity index (χ4v) is 3.48. The Balaban J connectivity index is 0.00000341. The molecular weight excluding hydrogens is 414 g/mol. The smallest absolute Gasteiger partial charge is 0.225 e. The van der Waals surface area contributed by atoms with Crippen LogP contribution in [0.3, 0.4) is 0 Å². The first-order valence-electron chi connectivity index (χ1n) is 10.4. The third-order valence-corrected chi connectivity index (χ3v) is 5.27. The minimum absolute atomic E-state index is 0. The Morgan fingerprint density at radius 1 is 1.00 bits per heavy atom. The summed E-state index contributed by atoms with van der Waals surface area (Å²) in [6.07, 6.45) is 4.85. The summed E-state index contributed by atoms with van der Waals surface area (Å²) in [5, 5.41) is 2.94. The normalized spacial score (nSPS) is 14.8. The number of ether oxygens (including phenoxy) is 2. The van der Waals surface area contributed by atoms with Gasteiger partial charge in [-0.3, -0.25) is 9.69 Å². The summed E-state index contributed by atoms with van der Waals surface area (Å²) in [6, 6.07) is 15.7. The number of nitrogens with zero attached hydrogens (tertiary/aromatic N) is 2. The predicted octanol–water partition coefficient (Wildman–Crippen LogP) is 0.367. The van der Waals surface area contributed by atoms with Crippen molar-refractivity contribution in [2.75, 3.05) is 58.8 Å². The standard InChI is InChI=1S/C24H31N3O3.ClH/c1-29-21-10-11-23(30-2)22(19-21)25-24(28)12-14-27-17-15-26(16-18-27)13-6-9-20-7-4-3-5-8-20;/h3-11,19H,12-18H2,1-2H3,(H,25,28);1H/p-1/b9-6+;. The molecule has 2 aromatic carbocycles. The lowest BCUT2D eigenvalue weighted by molar-refractivity contribution is -0.116. The van der Waals surface area contributed by atoms with E-state index >= 15 is 0 Å².